The SMILES string of the molecule is Cc1ccc(S(=O)(=O)NCC(C)N2CCCCC2)c(N)c1. The Morgan fingerprint density at radius 3 is 2.57 bits per heavy atom. The third kappa shape index (κ3) is 4.18. The Morgan fingerprint density at radius 1 is 1.29 bits per heavy atom. The first kappa shape index (κ1) is 16.3. The molecule has 1 aromatic rings. The van der Waals surface area contributed by atoms with Gasteiger partial charge in [0.15, 0.2) is 0 Å². The molecule has 1 aromatic carbocycles. The summed E-state index contributed by atoms with van der Waals surface area (Å²) in [4.78, 5) is 2.50. The lowest BCUT2D eigenvalue weighted by molar-refractivity contribution is 0.175. The second kappa shape index (κ2) is 6.77. The van der Waals surface area contributed by atoms with E-state index in [-0.39, 0.29) is 10.9 Å². The van der Waals surface area contributed by atoms with Crippen molar-refractivity contribution < 1.29 is 8.42 Å². The number of hydrogen-bond acceptors (Lipinski definition) is 4. The second-order valence-electron chi connectivity index (χ2n) is 5.84. The first-order chi connectivity index (χ1) is 9.90. The summed E-state index contributed by atoms with van der Waals surface area (Å²) in [6.07, 6.45) is 3.67. The summed E-state index contributed by atoms with van der Waals surface area (Å²) in [6.45, 7) is 6.46. The van der Waals surface area contributed by atoms with Gasteiger partial charge >= 0.3 is 0 Å². The van der Waals surface area contributed by atoms with Gasteiger partial charge in [0.2, 0.25) is 10.0 Å². The quantitative estimate of drug-likeness (QED) is 0.812. The van der Waals surface area contributed by atoms with Gasteiger partial charge in [-0.3, -0.25) is 4.90 Å². The molecular weight excluding hydrogens is 286 g/mol. The normalized spacial score (nSPS) is 18.6. The fourth-order valence-corrected chi connectivity index (χ4v) is 3.94. The monoisotopic (exact) mass is 311 g/mol. The van der Waals surface area contributed by atoms with Gasteiger partial charge in [0.05, 0.1) is 5.69 Å². The third-order valence-electron chi connectivity index (χ3n) is 4.04. The van der Waals surface area contributed by atoms with Crippen LogP contribution < -0.4 is 10.5 Å². The Labute approximate surface area is 127 Å². The van der Waals surface area contributed by atoms with Crippen molar-refractivity contribution in [1.29, 1.82) is 0 Å². The molecule has 1 saturated heterocycles. The minimum absolute atomic E-state index is 0.166. The number of hydrogen-bond donors (Lipinski definition) is 2. The lowest BCUT2D eigenvalue weighted by Gasteiger charge is -2.32. The third-order valence-corrected chi connectivity index (χ3v) is 5.54. The van der Waals surface area contributed by atoms with Crippen LogP contribution in [-0.2, 0) is 10.0 Å². The predicted molar refractivity (Wildman–Crippen MR) is 85.7 cm³/mol. The zero-order valence-corrected chi connectivity index (χ0v) is 13.6. The van der Waals surface area contributed by atoms with Crippen LogP contribution in [0, 0.1) is 6.92 Å². The lowest BCUT2D eigenvalue weighted by atomic mass is 10.1. The molecule has 1 atom stereocenters. The molecule has 1 aliphatic rings. The average Bonchev–Trinajstić information content (AvgIpc) is 2.45. The highest BCUT2D eigenvalue weighted by molar-refractivity contribution is 7.89. The van der Waals surface area contributed by atoms with Crippen LogP contribution in [0.2, 0.25) is 0 Å². The zero-order chi connectivity index (χ0) is 15.5. The Balaban J connectivity index is 2.00. The smallest absolute Gasteiger partial charge is 0.242 e. The van der Waals surface area contributed by atoms with E-state index in [2.05, 4.69) is 16.5 Å². The van der Waals surface area contributed by atoms with Gasteiger partial charge in [0, 0.05) is 12.6 Å². The van der Waals surface area contributed by atoms with Crippen LogP contribution in [0.4, 0.5) is 5.69 Å². The number of rotatable bonds is 5. The average molecular weight is 311 g/mol. The summed E-state index contributed by atoms with van der Waals surface area (Å²) in [5.74, 6) is 0. The van der Waals surface area contributed by atoms with Crippen molar-refractivity contribution in [2.24, 2.45) is 0 Å². The van der Waals surface area contributed by atoms with Crippen molar-refractivity contribution >= 4 is 15.7 Å². The number of nitrogens with one attached hydrogen (secondary N) is 1. The largest absolute Gasteiger partial charge is 0.398 e. The highest BCUT2D eigenvalue weighted by Gasteiger charge is 2.21. The van der Waals surface area contributed by atoms with Crippen LogP contribution in [0.3, 0.4) is 0 Å². The van der Waals surface area contributed by atoms with Gasteiger partial charge in [-0.1, -0.05) is 12.5 Å². The highest BCUT2D eigenvalue weighted by Crippen LogP contribution is 2.19. The number of aryl methyl sites for hydroxylation is 1. The standard InChI is InChI=1S/C15H25N3O2S/c1-12-6-7-15(14(16)10-12)21(19,20)17-11-13(2)18-8-4-3-5-9-18/h6-7,10,13,17H,3-5,8-9,11,16H2,1-2H3. The second-order valence-corrected chi connectivity index (χ2v) is 7.57. The number of piperidine rings is 1. The fourth-order valence-electron chi connectivity index (χ4n) is 2.71. The number of likely N-dealkylation sites (tertiary alicyclic amines) is 1. The molecule has 0 aromatic heterocycles. The molecule has 21 heavy (non-hydrogen) atoms. The highest BCUT2D eigenvalue weighted by atomic mass is 32.2. The van der Waals surface area contributed by atoms with Crippen LogP contribution in [0.5, 0.6) is 0 Å². The van der Waals surface area contributed by atoms with Crippen molar-refractivity contribution in [3.8, 4) is 0 Å². The van der Waals surface area contributed by atoms with Gasteiger partial charge in [0.25, 0.3) is 0 Å². The van der Waals surface area contributed by atoms with E-state index >= 15 is 0 Å². The van der Waals surface area contributed by atoms with Crippen LogP contribution in [0.25, 0.3) is 0 Å². The summed E-state index contributed by atoms with van der Waals surface area (Å²) in [7, 11) is -3.54. The molecule has 0 amide bonds. The molecule has 0 radical (unpaired) electrons. The van der Waals surface area contributed by atoms with Crippen molar-refractivity contribution in [2.75, 3.05) is 25.4 Å². The Bertz CT molecular complexity index is 581. The topological polar surface area (TPSA) is 75.4 Å². The van der Waals surface area contributed by atoms with Gasteiger partial charge in [-0.15, -0.1) is 0 Å². The first-order valence-electron chi connectivity index (χ1n) is 7.50. The molecule has 1 aliphatic heterocycles. The molecule has 1 unspecified atom stereocenters. The maximum Gasteiger partial charge on any atom is 0.242 e. The van der Waals surface area contributed by atoms with Crippen LogP contribution in [0.1, 0.15) is 31.7 Å². The number of nitrogen functional groups attached to an aromatic ring is 1. The summed E-state index contributed by atoms with van der Waals surface area (Å²) < 4.78 is 27.4. The summed E-state index contributed by atoms with van der Waals surface area (Å²) >= 11 is 0. The molecule has 0 bridgehead atoms. The zero-order valence-electron chi connectivity index (χ0n) is 12.8. The minimum atomic E-state index is -3.54. The van der Waals surface area contributed by atoms with Gasteiger partial charge in [-0.2, -0.15) is 0 Å². The van der Waals surface area contributed by atoms with Gasteiger partial charge in [0.1, 0.15) is 4.90 Å². The Kier molecular flexibility index (Phi) is 5.24. The van der Waals surface area contributed by atoms with Gasteiger partial charge in [-0.25, -0.2) is 13.1 Å². The number of sulfonamides is 1. The molecular formula is C15H25N3O2S. The molecule has 118 valence electrons. The molecule has 0 aliphatic carbocycles. The van der Waals surface area contributed by atoms with E-state index in [1.165, 1.54) is 19.3 Å². The van der Waals surface area contributed by atoms with Gasteiger partial charge in [-0.05, 0) is 57.5 Å². The summed E-state index contributed by atoms with van der Waals surface area (Å²) in [5.41, 5.74) is 7.08. The molecule has 2 rings (SSSR count). The molecule has 0 saturated carbocycles. The molecule has 5 nitrogen and oxygen atoms in total. The lowest BCUT2D eigenvalue weighted by Crippen LogP contribution is -2.44. The van der Waals surface area contributed by atoms with E-state index in [0.717, 1.165) is 18.7 Å². The van der Waals surface area contributed by atoms with Crippen molar-refractivity contribution in [1.82, 2.24) is 9.62 Å². The van der Waals surface area contributed by atoms with E-state index in [1.807, 2.05) is 6.92 Å². The van der Waals surface area contributed by atoms with E-state index in [4.69, 9.17) is 5.73 Å². The maximum atomic E-state index is 12.3. The molecule has 1 heterocycles. The van der Waals surface area contributed by atoms with Crippen molar-refractivity contribution in [2.45, 2.75) is 44.0 Å². The molecule has 0 spiro atoms. The van der Waals surface area contributed by atoms with E-state index in [0.29, 0.717) is 12.2 Å². The van der Waals surface area contributed by atoms with E-state index in [1.54, 1.807) is 18.2 Å². The van der Waals surface area contributed by atoms with Crippen LogP contribution in [-0.4, -0.2) is 39.0 Å². The minimum Gasteiger partial charge on any atom is -0.398 e. The summed E-state index contributed by atoms with van der Waals surface area (Å²) in [6, 6.07) is 5.21. The number of nitrogens with zero attached hydrogens (tertiary/aromatic N) is 1. The fraction of sp³-hybridized carbons (Fsp3) is 0.600. The number of nitrogens with two attached hydrogens (primary N) is 1. The first-order valence-corrected chi connectivity index (χ1v) is 8.98. The van der Waals surface area contributed by atoms with Crippen LogP contribution in [0.15, 0.2) is 23.1 Å². The van der Waals surface area contributed by atoms with Crippen LogP contribution >= 0.6 is 0 Å². The predicted octanol–water partition coefficient (Wildman–Crippen LogP) is 1.73. The maximum absolute atomic E-state index is 12.3. The van der Waals surface area contributed by atoms with E-state index < -0.39 is 10.0 Å². The summed E-state index contributed by atoms with van der Waals surface area (Å²) in [5, 5.41) is 0. The number of anilines is 1. The van der Waals surface area contributed by atoms with Crippen molar-refractivity contribution in [3.63, 3.8) is 0 Å². The molecule has 1 fully saturated rings. The van der Waals surface area contributed by atoms with Crippen molar-refractivity contribution in [3.05, 3.63) is 23.8 Å². The Hall–Kier alpha value is -1.11. The van der Waals surface area contributed by atoms with Gasteiger partial charge < -0.3 is 5.73 Å². The Morgan fingerprint density at radius 2 is 1.95 bits per heavy atom. The van der Waals surface area contributed by atoms with E-state index in [9.17, 15) is 8.42 Å². The number of benzene rings is 1. The molecule has 6 heteroatoms. The molecule has 3 N–H and O–H groups in total.